The van der Waals surface area contributed by atoms with Gasteiger partial charge in [-0.3, -0.25) is 9.59 Å². The fourth-order valence-corrected chi connectivity index (χ4v) is 5.87. The summed E-state index contributed by atoms with van der Waals surface area (Å²) in [6, 6.07) is 4.95. The normalized spacial score (nSPS) is 13.8. The van der Waals surface area contributed by atoms with E-state index in [1.165, 1.54) is 31.2 Å². The number of ether oxygens (including phenoxy) is 2. The summed E-state index contributed by atoms with van der Waals surface area (Å²) in [5.74, 6) is -3.54. The molecule has 11 heteroatoms. The number of carbonyl (C=O) groups excluding carboxylic acids is 2. The molecule has 2 aromatic carbocycles. The Bertz CT molecular complexity index is 1280. The minimum atomic E-state index is -4.62. The highest BCUT2D eigenvalue weighted by Gasteiger charge is 2.45. The Hall–Kier alpha value is -2.69. The van der Waals surface area contributed by atoms with Crippen molar-refractivity contribution >= 4 is 39.3 Å². The third-order valence-electron chi connectivity index (χ3n) is 5.77. The number of anilines is 1. The zero-order chi connectivity index (χ0) is 28.3. The van der Waals surface area contributed by atoms with E-state index in [1.54, 1.807) is 47.6 Å². The van der Waals surface area contributed by atoms with Crippen molar-refractivity contribution in [3.05, 3.63) is 57.9 Å². The van der Waals surface area contributed by atoms with Gasteiger partial charge in [-0.15, -0.1) is 0 Å². The second kappa shape index (κ2) is 11.8. The summed E-state index contributed by atoms with van der Waals surface area (Å²) >= 11 is 5.96. The standard InChI is InChI=1S/C26H34ClFN2O6S/c1-8-35-22(31)14-30(37(33,34)21-12-10-18(27)13-20(21)29)24(25(32)36-26(5,6)7)17(4)23-16(3)15(2)9-11-19(23)28/h9-13,17,24H,8,14,29H2,1-7H3/t17?,24-/m0/s1. The van der Waals surface area contributed by atoms with Gasteiger partial charge in [0.1, 0.15) is 28.9 Å². The van der Waals surface area contributed by atoms with E-state index in [0.29, 0.717) is 9.87 Å². The molecule has 0 aliphatic heterocycles. The molecule has 2 N–H and O–H groups in total. The Balaban J connectivity index is 2.84. The number of nitrogen functional groups attached to an aromatic ring is 1. The van der Waals surface area contributed by atoms with Gasteiger partial charge in [0.2, 0.25) is 10.0 Å². The van der Waals surface area contributed by atoms with Crippen molar-refractivity contribution in [3.8, 4) is 0 Å². The molecular formula is C26H34ClFN2O6S. The molecule has 2 aromatic rings. The zero-order valence-corrected chi connectivity index (χ0v) is 23.7. The van der Waals surface area contributed by atoms with Crippen LogP contribution in [0.1, 0.15) is 57.2 Å². The Morgan fingerprint density at radius 3 is 2.32 bits per heavy atom. The van der Waals surface area contributed by atoms with Gasteiger partial charge in [0.05, 0.1) is 12.3 Å². The van der Waals surface area contributed by atoms with Crippen LogP contribution in [0.3, 0.4) is 0 Å². The lowest BCUT2D eigenvalue weighted by Crippen LogP contribution is -2.52. The number of hydrogen-bond acceptors (Lipinski definition) is 7. The van der Waals surface area contributed by atoms with Gasteiger partial charge in [-0.2, -0.15) is 4.31 Å². The SMILES string of the molecule is CCOC(=O)CN([C@H](C(=O)OC(C)(C)C)C(C)c1c(F)ccc(C)c1C)S(=O)(=O)c1ccc(Cl)cc1N. The molecule has 0 aliphatic rings. The molecule has 1 unspecified atom stereocenters. The van der Waals surface area contributed by atoms with Crippen molar-refractivity contribution in [1.29, 1.82) is 0 Å². The maximum Gasteiger partial charge on any atom is 0.325 e. The van der Waals surface area contributed by atoms with Crippen LogP contribution in [-0.4, -0.2) is 49.5 Å². The first-order valence-corrected chi connectivity index (χ1v) is 13.5. The summed E-state index contributed by atoms with van der Waals surface area (Å²) < 4.78 is 54.4. The number of carbonyl (C=O) groups is 2. The van der Waals surface area contributed by atoms with Crippen LogP contribution in [0.15, 0.2) is 35.2 Å². The topological polar surface area (TPSA) is 116 Å². The van der Waals surface area contributed by atoms with E-state index in [4.69, 9.17) is 26.8 Å². The number of aryl methyl sites for hydroxylation is 1. The second-order valence-electron chi connectivity index (χ2n) is 9.71. The van der Waals surface area contributed by atoms with Crippen molar-refractivity contribution in [2.45, 2.75) is 70.9 Å². The third-order valence-corrected chi connectivity index (χ3v) is 7.91. The molecule has 0 amide bonds. The molecule has 0 spiro atoms. The molecule has 37 heavy (non-hydrogen) atoms. The average molecular weight is 557 g/mol. The van der Waals surface area contributed by atoms with Crippen molar-refractivity contribution in [3.63, 3.8) is 0 Å². The number of hydrogen-bond donors (Lipinski definition) is 1. The van der Waals surface area contributed by atoms with Gasteiger partial charge in [0.15, 0.2) is 0 Å². The minimum absolute atomic E-state index is 0.0198. The van der Waals surface area contributed by atoms with Gasteiger partial charge < -0.3 is 15.2 Å². The third kappa shape index (κ3) is 7.21. The number of halogens is 2. The van der Waals surface area contributed by atoms with E-state index in [-0.39, 0.29) is 27.8 Å². The number of nitrogens with zero attached hydrogens (tertiary/aromatic N) is 1. The van der Waals surface area contributed by atoms with Gasteiger partial charge in [0.25, 0.3) is 0 Å². The lowest BCUT2D eigenvalue weighted by Gasteiger charge is -2.35. The van der Waals surface area contributed by atoms with Gasteiger partial charge in [-0.05, 0) is 82.5 Å². The monoisotopic (exact) mass is 556 g/mol. The highest BCUT2D eigenvalue weighted by atomic mass is 35.5. The van der Waals surface area contributed by atoms with E-state index >= 15 is 4.39 Å². The molecule has 2 atom stereocenters. The molecule has 204 valence electrons. The van der Waals surface area contributed by atoms with Crippen LogP contribution in [0.2, 0.25) is 5.02 Å². The molecule has 0 saturated heterocycles. The van der Waals surface area contributed by atoms with E-state index in [2.05, 4.69) is 0 Å². The predicted octanol–water partition coefficient (Wildman–Crippen LogP) is 4.75. The highest BCUT2D eigenvalue weighted by molar-refractivity contribution is 7.89. The van der Waals surface area contributed by atoms with Crippen LogP contribution in [0.25, 0.3) is 0 Å². The quantitative estimate of drug-likeness (QED) is 0.350. The molecule has 2 rings (SSSR count). The summed E-state index contributed by atoms with van der Waals surface area (Å²) in [5, 5.41) is 0.197. The molecule has 0 fully saturated rings. The number of nitrogens with two attached hydrogens (primary N) is 1. The Morgan fingerprint density at radius 1 is 1.16 bits per heavy atom. The molecule has 0 saturated carbocycles. The van der Waals surface area contributed by atoms with Crippen molar-refractivity contribution in [2.24, 2.45) is 0 Å². The van der Waals surface area contributed by atoms with Crippen LogP contribution in [-0.2, 0) is 29.1 Å². The average Bonchev–Trinajstić information content (AvgIpc) is 2.74. The maximum atomic E-state index is 15.2. The fraction of sp³-hybridized carbons (Fsp3) is 0.462. The Kier molecular flexibility index (Phi) is 9.73. The van der Waals surface area contributed by atoms with Crippen LogP contribution in [0.4, 0.5) is 10.1 Å². The lowest BCUT2D eigenvalue weighted by atomic mass is 9.87. The molecule has 0 aromatic heterocycles. The molecule has 0 heterocycles. The van der Waals surface area contributed by atoms with Crippen molar-refractivity contribution < 1.29 is 31.9 Å². The van der Waals surface area contributed by atoms with E-state index in [1.807, 2.05) is 0 Å². The van der Waals surface area contributed by atoms with E-state index in [0.717, 1.165) is 5.56 Å². The van der Waals surface area contributed by atoms with Crippen molar-refractivity contribution in [1.82, 2.24) is 4.31 Å². The van der Waals surface area contributed by atoms with E-state index < -0.39 is 51.9 Å². The lowest BCUT2D eigenvalue weighted by molar-refractivity contribution is -0.161. The first-order chi connectivity index (χ1) is 17.0. The Morgan fingerprint density at radius 2 is 1.78 bits per heavy atom. The molecular weight excluding hydrogens is 523 g/mol. The highest BCUT2D eigenvalue weighted by Crippen LogP contribution is 2.35. The van der Waals surface area contributed by atoms with Gasteiger partial charge in [0, 0.05) is 10.9 Å². The van der Waals surface area contributed by atoms with Crippen LogP contribution in [0, 0.1) is 19.7 Å². The second-order valence-corrected chi connectivity index (χ2v) is 12.0. The van der Waals surface area contributed by atoms with Crippen molar-refractivity contribution in [2.75, 3.05) is 18.9 Å². The van der Waals surface area contributed by atoms with Gasteiger partial charge >= 0.3 is 11.9 Å². The summed E-state index contributed by atoms with van der Waals surface area (Å²) in [5.41, 5.74) is 6.21. The summed E-state index contributed by atoms with van der Waals surface area (Å²) in [4.78, 5) is 25.9. The summed E-state index contributed by atoms with van der Waals surface area (Å²) in [6.45, 7) is 10.5. The molecule has 0 radical (unpaired) electrons. The Labute approximate surface area is 222 Å². The number of esters is 2. The number of sulfonamides is 1. The van der Waals surface area contributed by atoms with Gasteiger partial charge in [-0.1, -0.05) is 24.6 Å². The first kappa shape index (κ1) is 30.5. The summed E-state index contributed by atoms with van der Waals surface area (Å²) in [6.07, 6.45) is 0. The molecule has 8 nitrogen and oxygen atoms in total. The largest absolute Gasteiger partial charge is 0.465 e. The van der Waals surface area contributed by atoms with Crippen LogP contribution in [0.5, 0.6) is 0 Å². The zero-order valence-electron chi connectivity index (χ0n) is 22.1. The first-order valence-electron chi connectivity index (χ1n) is 11.7. The smallest absolute Gasteiger partial charge is 0.325 e. The number of rotatable bonds is 9. The van der Waals surface area contributed by atoms with Crippen LogP contribution < -0.4 is 5.73 Å². The molecule has 0 aliphatic carbocycles. The summed E-state index contributed by atoms with van der Waals surface area (Å²) in [7, 11) is -4.62. The number of benzene rings is 2. The maximum absolute atomic E-state index is 15.2. The van der Waals surface area contributed by atoms with Crippen LogP contribution >= 0.6 is 11.6 Å². The minimum Gasteiger partial charge on any atom is -0.465 e. The van der Waals surface area contributed by atoms with Gasteiger partial charge in [-0.25, -0.2) is 12.8 Å². The predicted molar refractivity (Wildman–Crippen MR) is 140 cm³/mol. The molecule has 0 bridgehead atoms. The van der Waals surface area contributed by atoms with E-state index in [9.17, 15) is 18.0 Å². The fourth-order valence-electron chi connectivity index (χ4n) is 4.00.